The number of amides is 1. The molecule has 0 unspecified atom stereocenters. The van der Waals surface area contributed by atoms with Crippen molar-refractivity contribution in [1.82, 2.24) is 10.3 Å². The van der Waals surface area contributed by atoms with Gasteiger partial charge in [0, 0.05) is 18.4 Å². The maximum absolute atomic E-state index is 13.6. The molecule has 0 aliphatic carbocycles. The van der Waals surface area contributed by atoms with Gasteiger partial charge in [0.25, 0.3) is 5.91 Å². The van der Waals surface area contributed by atoms with E-state index in [2.05, 4.69) is 15.6 Å². The summed E-state index contributed by atoms with van der Waals surface area (Å²) >= 11 is 0. The van der Waals surface area contributed by atoms with Gasteiger partial charge in [0.2, 0.25) is 0 Å². The van der Waals surface area contributed by atoms with E-state index >= 15 is 0 Å². The number of halogens is 2. The van der Waals surface area contributed by atoms with Crippen LogP contribution in [0.15, 0.2) is 36.5 Å². The highest BCUT2D eigenvalue weighted by molar-refractivity contribution is 5.93. The molecule has 0 atom stereocenters. The van der Waals surface area contributed by atoms with Gasteiger partial charge in [-0.25, -0.2) is 8.78 Å². The fourth-order valence-corrected chi connectivity index (χ4v) is 1.86. The average Bonchev–Trinajstić information content (AvgIpc) is 2.51. The maximum atomic E-state index is 13.6. The number of hydrogen-bond donors (Lipinski definition) is 2. The predicted octanol–water partition coefficient (Wildman–Crippen LogP) is 3.63. The van der Waals surface area contributed by atoms with Crippen molar-refractivity contribution < 1.29 is 13.6 Å². The van der Waals surface area contributed by atoms with Crippen molar-refractivity contribution in [3.63, 3.8) is 0 Å². The normalized spacial score (nSPS) is 10.3. The van der Waals surface area contributed by atoms with E-state index in [9.17, 15) is 13.6 Å². The molecule has 0 saturated carbocycles. The fraction of sp³-hybridized carbons (Fsp3) is 0.250. The van der Waals surface area contributed by atoms with Crippen LogP contribution < -0.4 is 10.6 Å². The zero-order chi connectivity index (χ0) is 15.9. The molecule has 2 N–H and O–H groups in total. The van der Waals surface area contributed by atoms with E-state index in [4.69, 9.17) is 0 Å². The molecule has 116 valence electrons. The molecule has 0 aliphatic heterocycles. The van der Waals surface area contributed by atoms with E-state index in [0.29, 0.717) is 12.2 Å². The number of anilines is 2. The molecule has 6 heteroatoms. The van der Waals surface area contributed by atoms with Crippen LogP contribution in [0.25, 0.3) is 0 Å². The monoisotopic (exact) mass is 305 g/mol. The van der Waals surface area contributed by atoms with Crippen molar-refractivity contribution in [1.29, 1.82) is 0 Å². The summed E-state index contributed by atoms with van der Waals surface area (Å²) in [5.41, 5.74) is 0.323. The third-order valence-corrected chi connectivity index (χ3v) is 3.04. The molecular formula is C16H17F2N3O. The van der Waals surface area contributed by atoms with Gasteiger partial charge in [-0.05, 0) is 30.7 Å². The third-order valence-electron chi connectivity index (χ3n) is 3.04. The maximum Gasteiger partial charge on any atom is 0.269 e. The lowest BCUT2D eigenvalue weighted by atomic mass is 10.2. The molecule has 0 fully saturated rings. The average molecular weight is 305 g/mol. The summed E-state index contributed by atoms with van der Waals surface area (Å²) in [6, 6.07) is 6.59. The zero-order valence-corrected chi connectivity index (χ0v) is 12.2. The first-order chi connectivity index (χ1) is 10.6. The Morgan fingerprint density at radius 1 is 1.23 bits per heavy atom. The Hall–Kier alpha value is -2.50. The first-order valence-corrected chi connectivity index (χ1v) is 7.07. The lowest BCUT2D eigenvalue weighted by Crippen LogP contribution is -2.25. The number of aromatic nitrogens is 1. The Labute approximate surface area is 127 Å². The number of nitrogens with zero attached hydrogens (tertiary/aromatic N) is 1. The van der Waals surface area contributed by atoms with Crippen LogP contribution in [0.5, 0.6) is 0 Å². The number of carbonyl (C=O) groups is 1. The molecule has 0 aliphatic rings. The first-order valence-electron chi connectivity index (χ1n) is 7.07. The van der Waals surface area contributed by atoms with Crippen LogP contribution in [-0.2, 0) is 0 Å². The minimum Gasteiger partial charge on any atom is -0.351 e. The first kappa shape index (κ1) is 15.9. The summed E-state index contributed by atoms with van der Waals surface area (Å²) < 4.78 is 27.2. The molecule has 2 rings (SSSR count). The number of benzene rings is 1. The van der Waals surface area contributed by atoms with Crippen molar-refractivity contribution in [2.75, 3.05) is 11.9 Å². The molecule has 1 aromatic carbocycles. The van der Waals surface area contributed by atoms with Crippen molar-refractivity contribution >= 4 is 17.3 Å². The minimum absolute atomic E-state index is 0.192. The molecule has 1 aromatic heterocycles. The highest BCUT2D eigenvalue weighted by Crippen LogP contribution is 2.23. The molecule has 4 nitrogen and oxygen atoms in total. The number of hydrogen-bond acceptors (Lipinski definition) is 3. The van der Waals surface area contributed by atoms with Gasteiger partial charge in [-0.1, -0.05) is 19.4 Å². The molecule has 2 aromatic rings. The number of unbranched alkanes of at least 4 members (excludes halogenated alkanes) is 1. The van der Waals surface area contributed by atoms with Gasteiger partial charge >= 0.3 is 0 Å². The van der Waals surface area contributed by atoms with Gasteiger partial charge in [0.05, 0.1) is 0 Å². The summed E-state index contributed by atoms with van der Waals surface area (Å²) in [5.74, 6) is -1.72. The van der Waals surface area contributed by atoms with Crippen LogP contribution >= 0.6 is 0 Å². The van der Waals surface area contributed by atoms with Crippen molar-refractivity contribution in [3.8, 4) is 0 Å². The van der Waals surface area contributed by atoms with E-state index < -0.39 is 11.6 Å². The van der Waals surface area contributed by atoms with Crippen LogP contribution in [-0.4, -0.2) is 17.4 Å². The lowest BCUT2D eigenvalue weighted by molar-refractivity contribution is 0.0948. The zero-order valence-electron chi connectivity index (χ0n) is 12.2. The summed E-state index contributed by atoms with van der Waals surface area (Å²) in [6.45, 7) is 2.59. The van der Waals surface area contributed by atoms with E-state index in [1.165, 1.54) is 24.4 Å². The van der Waals surface area contributed by atoms with Crippen molar-refractivity contribution in [2.24, 2.45) is 0 Å². The largest absolute Gasteiger partial charge is 0.351 e. The highest BCUT2D eigenvalue weighted by Gasteiger charge is 2.11. The van der Waals surface area contributed by atoms with Gasteiger partial charge in [-0.3, -0.25) is 9.78 Å². The van der Waals surface area contributed by atoms with E-state index in [-0.39, 0.29) is 17.3 Å². The number of carbonyl (C=O) groups excluding carboxylic acids is 1. The second kappa shape index (κ2) is 7.49. The quantitative estimate of drug-likeness (QED) is 0.801. The van der Waals surface area contributed by atoms with E-state index in [0.717, 1.165) is 25.0 Å². The summed E-state index contributed by atoms with van der Waals surface area (Å²) in [4.78, 5) is 15.9. The molecule has 22 heavy (non-hydrogen) atoms. The Morgan fingerprint density at radius 2 is 1.95 bits per heavy atom. The van der Waals surface area contributed by atoms with Gasteiger partial charge < -0.3 is 10.6 Å². The van der Waals surface area contributed by atoms with Gasteiger partial charge in [-0.2, -0.15) is 0 Å². The van der Waals surface area contributed by atoms with Crippen molar-refractivity contribution in [3.05, 3.63) is 53.9 Å². The van der Waals surface area contributed by atoms with Gasteiger partial charge in [0.15, 0.2) is 0 Å². The Morgan fingerprint density at radius 3 is 2.64 bits per heavy atom. The number of para-hydroxylation sites is 1. The minimum atomic E-state index is -0.703. The molecule has 1 heterocycles. The molecule has 0 radical (unpaired) electrons. The van der Waals surface area contributed by atoms with Gasteiger partial charge in [-0.15, -0.1) is 0 Å². The van der Waals surface area contributed by atoms with E-state index in [1.807, 2.05) is 6.92 Å². The number of nitrogens with one attached hydrogen (secondary N) is 2. The number of pyridine rings is 1. The summed E-state index contributed by atoms with van der Waals surface area (Å²) in [7, 11) is 0. The molecule has 0 spiro atoms. The Kier molecular flexibility index (Phi) is 5.41. The predicted molar refractivity (Wildman–Crippen MR) is 81.1 cm³/mol. The lowest BCUT2D eigenvalue weighted by Gasteiger charge is -2.10. The fourth-order valence-electron chi connectivity index (χ4n) is 1.86. The highest BCUT2D eigenvalue weighted by atomic mass is 19.1. The molecule has 0 bridgehead atoms. The second-order valence-electron chi connectivity index (χ2n) is 4.76. The second-order valence-corrected chi connectivity index (χ2v) is 4.76. The topological polar surface area (TPSA) is 54.0 Å². The Balaban J connectivity index is 2.13. The van der Waals surface area contributed by atoms with Crippen molar-refractivity contribution in [2.45, 2.75) is 19.8 Å². The third kappa shape index (κ3) is 4.00. The Bertz CT molecular complexity index is 641. The molecule has 1 amide bonds. The summed E-state index contributed by atoms with van der Waals surface area (Å²) in [5, 5.41) is 5.37. The summed E-state index contributed by atoms with van der Waals surface area (Å²) in [6.07, 6.45) is 3.27. The standard InChI is InChI=1S/C16H17F2N3O/c1-2-3-8-20-16(22)14-10-11(7-9-19-14)21-15-12(17)5-4-6-13(15)18/h4-7,9-10H,2-3,8H2,1H3,(H,19,21)(H,20,22). The van der Waals surface area contributed by atoms with Crippen LogP contribution in [0.4, 0.5) is 20.2 Å². The molecular weight excluding hydrogens is 288 g/mol. The van der Waals surface area contributed by atoms with Crippen LogP contribution in [0.1, 0.15) is 30.3 Å². The van der Waals surface area contributed by atoms with E-state index in [1.54, 1.807) is 0 Å². The van der Waals surface area contributed by atoms with Crippen LogP contribution in [0.3, 0.4) is 0 Å². The van der Waals surface area contributed by atoms with Gasteiger partial charge in [0.1, 0.15) is 23.0 Å². The molecule has 0 saturated heterocycles. The number of rotatable bonds is 6. The van der Waals surface area contributed by atoms with Crippen LogP contribution in [0, 0.1) is 11.6 Å². The SMILES string of the molecule is CCCCNC(=O)c1cc(Nc2c(F)cccc2F)ccn1. The smallest absolute Gasteiger partial charge is 0.269 e. The van der Waals surface area contributed by atoms with Crippen LogP contribution in [0.2, 0.25) is 0 Å².